The van der Waals surface area contributed by atoms with Crippen LogP contribution in [0.2, 0.25) is 0 Å². The quantitative estimate of drug-likeness (QED) is 0.487. The zero-order valence-electron chi connectivity index (χ0n) is 16.4. The van der Waals surface area contributed by atoms with E-state index in [4.69, 9.17) is 0 Å². The van der Waals surface area contributed by atoms with Gasteiger partial charge in [0.2, 0.25) is 11.8 Å². The van der Waals surface area contributed by atoms with Crippen LogP contribution in [-0.4, -0.2) is 38.4 Å². The summed E-state index contributed by atoms with van der Waals surface area (Å²) in [5.74, 6) is -0.559. The molecule has 8 heteroatoms. The number of amides is 3. The highest BCUT2D eigenvalue weighted by Gasteiger charge is 2.28. The van der Waals surface area contributed by atoms with Gasteiger partial charge in [-0.15, -0.1) is 0 Å². The number of likely N-dealkylation sites (tertiary alicyclic amines) is 1. The van der Waals surface area contributed by atoms with E-state index in [1.54, 1.807) is 30.5 Å². The number of anilines is 1. The van der Waals surface area contributed by atoms with E-state index in [9.17, 15) is 14.4 Å². The van der Waals surface area contributed by atoms with Crippen LogP contribution >= 0.6 is 11.8 Å². The summed E-state index contributed by atoms with van der Waals surface area (Å²) in [5.41, 5.74) is 2.74. The fraction of sp³-hybridized carbons (Fsp3) is 0.182. The first kappa shape index (κ1) is 19.9. The molecule has 3 amide bonds. The number of nitrogens with one attached hydrogen (secondary N) is 1. The van der Waals surface area contributed by atoms with E-state index in [0.717, 1.165) is 16.4 Å². The molecule has 2 aromatic carbocycles. The number of thioether (sulfide) groups is 1. The zero-order valence-corrected chi connectivity index (χ0v) is 17.2. The van der Waals surface area contributed by atoms with Crippen molar-refractivity contribution in [2.45, 2.75) is 24.5 Å². The first-order valence-electron chi connectivity index (χ1n) is 9.47. The van der Waals surface area contributed by atoms with Gasteiger partial charge in [0.1, 0.15) is 5.69 Å². The zero-order chi connectivity index (χ0) is 21.1. The van der Waals surface area contributed by atoms with Crippen LogP contribution in [0.25, 0.3) is 5.69 Å². The van der Waals surface area contributed by atoms with E-state index in [-0.39, 0.29) is 37.1 Å². The molecule has 0 atom stereocenters. The maximum Gasteiger partial charge on any atom is 0.274 e. The van der Waals surface area contributed by atoms with E-state index in [2.05, 4.69) is 10.3 Å². The van der Waals surface area contributed by atoms with Crippen molar-refractivity contribution in [2.24, 2.45) is 0 Å². The Morgan fingerprint density at radius 2 is 1.70 bits per heavy atom. The highest BCUT2D eigenvalue weighted by Crippen LogP contribution is 2.23. The third-order valence-corrected chi connectivity index (χ3v) is 5.52. The van der Waals surface area contributed by atoms with Gasteiger partial charge in [-0.1, -0.05) is 42.1 Å². The van der Waals surface area contributed by atoms with E-state index in [1.807, 2.05) is 41.2 Å². The summed E-state index contributed by atoms with van der Waals surface area (Å²) in [5, 5.41) is 3.61. The Hall–Kier alpha value is -3.39. The van der Waals surface area contributed by atoms with Gasteiger partial charge in [0.15, 0.2) is 5.16 Å². The molecule has 1 saturated heterocycles. The van der Waals surface area contributed by atoms with Gasteiger partial charge >= 0.3 is 0 Å². The maximum atomic E-state index is 12.9. The minimum atomic E-state index is -0.274. The molecule has 1 N–H and O–H groups in total. The van der Waals surface area contributed by atoms with Gasteiger partial charge in [-0.05, 0) is 36.1 Å². The Kier molecular flexibility index (Phi) is 5.67. The number of imide groups is 1. The second kappa shape index (κ2) is 8.54. The topological polar surface area (TPSA) is 84.3 Å². The summed E-state index contributed by atoms with van der Waals surface area (Å²) in [6.45, 7) is 0.254. The molecule has 3 aromatic rings. The number of carbonyl (C=O) groups is 3. The van der Waals surface area contributed by atoms with Gasteiger partial charge in [0.05, 0.1) is 12.7 Å². The minimum Gasteiger partial charge on any atom is -0.321 e. The van der Waals surface area contributed by atoms with Crippen LogP contribution < -0.4 is 5.32 Å². The molecule has 0 aliphatic carbocycles. The van der Waals surface area contributed by atoms with Crippen molar-refractivity contribution in [3.63, 3.8) is 0 Å². The molecule has 2 heterocycles. The second-order valence-corrected chi connectivity index (χ2v) is 7.60. The monoisotopic (exact) mass is 420 g/mol. The summed E-state index contributed by atoms with van der Waals surface area (Å²) >= 11 is 1.46. The number of para-hydroxylation sites is 1. The molecule has 30 heavy (non-hydrogen) atoms. The Bertz CT molecular complexity index is 1080. The van der Waals surface area contributed by atoms with Gasteiger partial charge in [0, 0.05) is 24.2 Å². The lowest BCUT2D eigenvalue weighted by atomic mass is 10.2. The van der Waals surface area contributed by atoms with Crippen molar-refractivity contribution in [1.82, 2.24) is 14.5 Å². The molecule has 4 rings (SSSR count). The molecule has 1 aliphatic rings. The Morgan fingerprint density at radius 3 is 2.33 bits per heavy atom. The maximum absolute atomic E-state index is 12.9. The fourth-order valence-corrected chi connectivity index (χ4v) is 3.88. The van der Waals surface area contributed by atoms with Crippen LogP contribution in [-0.2, 0) is 16.1 Å². The smallest absolute Gasteiger partial charge is 0.274 e. The molecular formula is C22H20N4O3S. The van der Waals surface area contributed by atoms with Gasteiger partial charge in [0.25, 0.3) is 5.91 Å². The largest absolute Gasteiger partial charge is 0.321 e. The molecule has 152 valence electrons. The first-order valence-corrected chi connectivity index (χ1v) is 10.7. The predicted molar refractivity (Wildman–Crippen MR) is 115 cm³/mol. The molecule has 1 aliphatic heterocycles. The van der Waals surface area contributed by atoms with Crippen LogP contribution in [0.15, 0.2) is 66.0 Å². The lowest BCUT2D eigenvalue weighted by molar-refractivity contribution is -0.139. The standard InChI is InChI=1S/C22H20N4O3S/c1-30-22-23-13-18(26(22)17-5-3-2-4-6-17)21(29)24-16-9-7-15(8-10-16)14-25-19(27)11-12-20(25)28/h2-10,13H,11-12,14H2,1H3,(H,24,29). The summed E-state index contributed by atoms with van der Waals surface area (Å²) in [6, 6.07) is 16.7. The molecule has 7 nitrogen and oxygen atoms in total. The van der Waals surface area contributed by atoms with Gasteiger partial charge in [-0.25, -0.2) is 4.98 Å². The average molecular weight is 420 g/mol. The number of carbonyl (C=O) groups excluding carboxylic acids is 3. The number of hydrogen-bond acceptors (Lipinski definition) is 5. The van der Waals surface area contributed by atoms with Gasteiger partial charge < -0.3 is 5.32 Å². The van der Waals surface area contributed by atoms with E-state index in [0.29, 0.717) is 11.4 Å². The summed E-state index contributed by atoms with van der Waals surface area (Å²) < 4.78 is 1.82. The van der Waals surface area contributed by atoms with E-state index in [1.165, 1.54) is 16.7 Å². The lowest BCUT2D eigenvalue weighted by Gasteiger charge is -2.14. The molecule has 0 radical (unpaired) electrons. The van der Waals surface area contributed by atoms with Crippen LogP contribution in [0.3, 0.4) is 0 Å². The Morgan fingerprint density at radius 1 is 1.03 bits per heavy atom. The number of benzene rings is 2. The van der Waals surface area contributed by atoms with Gasteiger partial charge in [-0.3, -0.25) is 23.9 Å². The number of imidazole rings is 1. The second-order valence-electron chi connectivity index (χ2n) is 6.83. The highest BCUT2D eigenvalue weighted by atomic mass is 32.2. The number of hydrogen-bond donors (Lipinski definition) is 1. The van der Waals surface area contributed by atoms with Crippen molar-refractivity contribution in [3.05, 3.63) is 72.1 Å². The molecule has 0 spiro atoms. The van der Waals surface area contributed by atoms with Crippen molar-refractivity contribution in [3.8, 4) is 5.69 Å². The SMILES string of the molecule is CSc1ncc(C(=O)Nc2ccc(CN3C(=O)CCC3=O)cc2)n1-c1ccccc1. The predicted octanol–water partition coefficient (Wildman–Crippen LogP) is 3.50. The average Bonchev–Trinajstić information content (AvgIpc) is 3.34. The molecule has 0 saturated carbocycles. The number of nitrogens with zero attached hydrogens (tertiary/aromatic N) is 3. The molecule has 1 fully saturated rings. The third kappa shape index (κ3) is 3.99. The van der Waals surface area contributed by atoms with Crippen LogP contribution in [0, 0.1) is 0 Å². The van der Waals surface area contributed by atoms with Gasteiger partial charge in [-0.2, -0.15) is 0 Å². The molecule has 1 aromatic heterocycles. The van der Waals surface area contributed by atoms with Crippen molar-refractivity contribution in [1.29, 1.82) is 0 Å². The summed E-state index contributed by atoms with van der Waals surface area (Å²) in [6.07, 6.45) is 4.03. The number of aromatic nitrogens is 2. The minimum absolute atomic E-state index is 0.142. The van der Waals surface area contributed by atoms with E-state index >= 15 is 0 Å². The van der Waals surface area contributed by atoms with Crippen LogP contribution in [0.4, 0.5) is 5.69 Å². The van der Waals surface area contributed by atoms with Crippen LogP contribution in [0.5, 0.6) is 0 Å². The third-order valence-electron chi connectivity index (χ3n) is 4.87. The normalized spacial score (nSPS) is 13.7. The lowest BCUT2D eigenvalue weighted by Crippen LogP contribution is -2.28. The van der Waals surface area contributed by atoms with E-state index < -0.39 is 0 Å². The van der Waals surface area contributed by atoms with Crippen LogP contribution in [0.1, 0.15) is 28.9 Å². The highest BCUT2D eigenvalue weighted by molar-refractivity contribution is 7.98. The van der Waals surface area contributed by atoms with Crippen molar-refractivity contribution in [2.75, 3.05) is 11.6 Å². The summed E-state index contributed by atoms with van der Waals surface area (Å²) in [4.78, 5) is 42.1. The molecule has 0 bridgehead atoms. The first-order chi connectivity index (χ1) is 14.6. The Balaban J connectivity index is 1.50. The number of rotatable bonds is 6. The van der Waals surface area contributed by atoms with Crippen molar-refractivity contribution < 1.29 is 14.4 Å². The molecular weight excluding hydrogens is 400 g/mol. The fourth-order valence-electron chi connectivity index (χ4n) is 3.34. The summed E-state index contributed by atoms with van der Waals surface area (Å²) in [7, 11) is 0. The Labute approximate surface area is 178 Å². The molecule has 0 unspecified atom stereocenters. The van der Waals surface area contributed by atoms with Crippen molar-refractivity contribution >= 4 is 35.2 Å².